The fourth-order valence-corrected chi connectivity index (χ4v) is 1.64. The van der Waals surface area contributed by atoms with E-state index in [1.165, 1.54) is 0 Å². The summed E-state index contributed by atoms with van der Waals surface area (Å²) in [5.41, 5.74) is 1.86. The molecule has 0 spiro atoms. The molecule has 0 aliphatic heterocycles. The summed E-state index contributed by atoms with van der Waals surface area (Å²) in [5, 5.41) is 0. The quantitative estimate of drug-likeness (QED) is 0.448. The van der Waals surface area contributed by atoms with Gasteiger partial charge in [0.05, 0.1) is 0 Å². The average molecular weight is 228 g/mol. The van der Waals surface area contributed by atoms with Gasteiger partial charge in [-0.15, -0.1) is 0 Å². The highest BCUT2D eigenvalue weighted by Crippen LogP contribution is 2.25. The molecule has 0 aliphatic rings. The minimum absolute atomic E-state index is 0.277. The molecule has 2 rings (SSSR count). The van der Waals surface area contributed by atoms with Crippen molar-refractivity contribution in [2.75, 3.05) is 0 Å². The summed E-state index contributed by atoms with van der Waals surface area (Å²) in [7, 11) is 0. The van der Waals surface area contributed by atoms with Gasteiger partial charge in [-0.1, -0.05) is 60.7 Å². The Hall–Kier alpha value is -2.13. The van der Waals surface area contributed by atoms with Crippen molar-refractivity contribution < 1.29 is 14.6 Å². The van der Waals surface area contributed by atoms with Crippen LogP contribution in [0.1, 0.15) is 17.2 Å². The molecular formula is C14H12O3. The zero-order valence-corrected chi connectivity index (χ0v) is 9.15. The van der Waals surface area contributed by atoms with Gasteiger partial charge >= 0.3 is 6.47 Å². The molecule has 0 atom stereocenters. The van der Waals surface area contributed by atoms with Crippen LogP contribution in [0.25, 0.3) is 0 Å². The van der Waals surface area contributed by atoms with Crippen LogP contribution in [-0.2, 0) is 14.6 Å². The fraction of sp³-hybridized carbons (Fsp3) is 0.0714. The van der Waals surface area contributed by atoms with E-state index < -0.39 is 6.10 Å². The molecule has 0 saturated heterocycles. The van der Waals surface area contributed by atoms with Crippen molar-refractivity contribution >= 4 is 6.47 Å². The van der Waals surface area contributed by atoms with Crippen LogP contribution >= 0.6 is 0 Å². The summed E-state index contributed by atoms with van der Waals surface area (Å²) in [4.78, 5) is 19.7. The second-order valence-electron chi connectivity index (χ2n) is 3.49. The standard InChI is InChI=1S/C14H12O3/c15-11-16-17-14(12-7-3-1-4-8-12)13-9-5-2-6-10-13/h1-11,14H. The molecule has 3 heteroatoms. The highest BCUT2D eigenvalue weighted by Gasteiger charge is 2.15. The first-order valence-corrected chi connectivity index (χ1v) is 5.27. The summed E-state index contributed by atoms with van der Waals surface area (Å²) in [6.45, 7) is 0.277. The Labute approximate surface area is 99.5 Å². The van der Waals surface area contributed by atoms with Crippen LogP contribution in [0.4, 0.5) is 0 Å². The summed E-state index contributed by atoms with van der Waals surface area (Å²) in [6, 6.07) is 19.2. The van der Waals surface area contributed by atoms with E-state index >= 15 is 0 Å². The molecule has 0 saturated carbocycles. The van der Waals surface area contributed by atoms with Crippen LogP contribution < -0.4 is 0 Å². The monoisotopic (exact) mass is 228 g/mol. The molecule has 2 aromatic carbocycles. The molecule has 0 aromatic heterocycles. The van der Waals surface area contributed by atoms with Gasteiger partial charge in [-0.3, -0.25) is 4.79 Å². The van der Waals surface area contributed by atoms with Crippen LogP contribution in [0.15, 0.2) is 60.7 Å². The Morgan fingerprint density at radius 3 is 1.71 bits per heavy atom. The Kier molecular flexibility index (Phi) is 3.89. The maximum Gasteiger partial charge on any atom is 0.330 e. The number of rotatable bonds is 5. The molecule has 0 amide bonds. The summed E-state index contributed by atoms with van der Waals surface area (Å²) in [5.74, 6) is 0. The Morgan fingerprint density at radius 1 is 0.824 bits per heavy atom. The van der Waals surface area contributed by atoms with Crippen molar-refractivity contribution in [2.24, 2.45) is 0 Å². The molecule has 0 radical (unpaired) electrons. The topological polar surface area (TPSA) is 35.5 Å². The van der Waals surface area contributed by atoms with Crippen LogP contribution in [0.2, 0.25) is 0 Å². The van der Waals surface area contributed by atoms with E-state index in [9.17, 15) is 4.79 Å². The lowest BCUT2D eigenvalue weighted by molar-refractivity contribution is -0.280. The maximum atomic E-state index is 10.2. The average Bonchev–Trinajstić information content (AvgIpc) is 2.42. The molecule has 0 fully saturated rings. The Balaban J connectivity index is 2.29. The van der Waals surface area contributed by atoms with Crippen LogP contribution in [-0.4, -0.2) is 6.47 Å². The smallest absolute Gasteiger partial charge is 0.301 e. The van der Waals surface area contributed by atoms with Gasteiger partial charge in [-0.25, -0.2) is 0 Å². The van der Waals surface area contributed by atoms with E-state index in [0.717, 1.165) is 11.1 Å². The molecule has 0 aliphatic carbocycles. The van der Waals surface area contributed by atoms with Crippen LogP contribution in [0.5, 0.6) is 0 Å². The van der Waals surface area contributed by atoms with E-state index in [4.69, 9.17) is 4.89 Å². The van der Waals surface area contributed by atoms with Crippen molar-refractivity contribution in [3.8, 4) is 0 Å². The highest BCUT2D eigenvalue weighted by atomic mass is 17.2. The van der Waals surface area contributed by atoms with Gasteiger partial charge in [0.25, 0.3) is 0 Å². The summed E-state index contributed by atoms with van der Waals surface area (Å²) in [6.07, 6.45) is -0.400. The molecule has 0 bridgehead atoms. The van der Waals surface area contributed by atoms with Gasteiger partial charge in [0.2, 0.25) is 0 Å². The van der Waals surface area contributed by atoms with Crippen molar-refractivity contribution in [1.82, 2.24) is 0 Å². The van der Waals surface area contributed by atoms with E-state index in [-0.39, 0.29) is 6.47 Å². The first kappa shape index (κ1) is 11.4. The molecule has 0 heterocycles. The van der Waals surface area contributed by atoms with E-state index in [2.05, 4.69) is 4.89 Å². The van der Waals surface area contributed by atoms with Gasteiger partial charge in [0.15, 0.2) is 6.10 Å². The number of hydrogen-bond donors (Lipinski definition) is 0. The molecule has 17 heavy (non-hydrogen) atoms. The molecule has 3 nitrogen and oxygen atoms in total. The second-order valence-corrected chi connectivity index (χ2v) is 3.49. The van der Waals surface area contributed by atoms with Crippen molar-refractivity contribution in [1.29, 1.82) is 0 Å². The molecule has 0 unspecified atom stereocenters. The predicted molar refractivity (Wildman–Crippen MR) is 63.0 cm³/mol. The number of benzene rings is 2. The molecular weight excluding hydrogens is 216 g/mol. The third-order valence-corrected chi connectivity index (χ3v) is 2.40. The molecule has 86 valence electrons. The molecule has 0 N–H and O–H groups in total. The fourth-order valence-electron chi connectivity index (χ4n) is 1.64. The largest absolute Gasteiger partial charge is 0.330 e. The minimum Gasteiger partial charge on any atom is -0.301 e. The predicted octanol–water partition coefficient (Wildman–Crippen LogP) is 2.88. The third-order valence-electron chi connectivity index (χ3n) is 2.40. The SMILES string of the molecule is O=COOC(c1ccccc1)c1ccccc1. The van der Waals surface area contributed by atoms with Crippen molar-refractivity contribution in [3.63, 3.8) is 0 Å². The van der Waals surface area contributed by atoms with Gasteiger partial charge < -0.3 is 4.89 Å². The zero-order valence-electron chi connectivity index (χ0n) is 9.15. The van der Waals surface area contributed by atoms with Crippen LogP contribution in [0, 0.1) is 0 Å². The first-order valence-electron chi connectivity index (χ1n) is 5.27. The lowest BCUT2D eigenvalue weighted by Gasteiger charge is -2.15. The Bertz CT molecular complexity index is 414. The summed E-state index contributed by atoms with van der Waals surface area (Å²) < 4.78 is 0. The van der Waals surface area contributed by atoms with Gasteiger partial charge in [0.1, 0.15) is 0 Å². The van der Waals surface area contributed by atoms with Crippen LogP contribution in [0.3, 0.4) is 0 Å². The highest BCUT2D eigenvalue weighted by molar-refractivity contribution is 5.36. The number of hydrogen-bond acceptors (Lipinski definition) is 3. The number of carbonyl (C=O) groups is 1. The zero-order chi connectivity index (χ0) is 11.9. The lowest BCUT2D eigenvalue weighted by atomic mass is 10.0. The second kappa shape index (κ2) is 5.82. The lowest BCUT2D eigenvalue weighted by Crippen LogP contribution is -2.06. The van der Waals surface area contributed by atoms with E-state index in [1.807, 2.05) is 60.7 Å². The summed E-state index contributed by atoms with van der Waals surface area (Å²) >= 11 is 0. The molecule has 2 aromatic rings. The normalized spacial score (nSPS) is 10.2. The Morgan fingerprint density at radius 2 is 1.29 bits per heavy atom. The van der Waals surface area contributed by atoms with Gasteiger partial charge in [-0.05, 0) is 11.1 Å². The first-order chi connectivity index (χ1) is 8.42. The van der Waals surface area contributed by atoms with Gasteiger partial charge in [-0.2, -0.15) is 4.89 Å². The van der Waals surface area contributed by atoms with Crippen molar-refractivity contribution in [3.05, 3.63) is 71.8 Å². The maximum absolute atomic E-state index is 10.2. The van der Waals surface area contributed by atoms with Crippen molar-refractivity contribution in [2.45, 2.75) is 6.10 Å². The van der Waals surface area contributed by atoms with E-state index in [0.29, 0.717) is 0 Å². The number of carbonyl (C=O) groups excluding carboxylic acids is 1. The third kappa shape index (κ3) is 2.92. The van der Waals surface area contributed by atoms with Gasteiger partial charge in [0, 0.05) is 0 Å². The van der Waals surface area contributed by atoms with E-state index in [1.54, 1.807) is 0 Å². The minimum atomic E-state index is -0.400.